The molecular weight excluding hydrogens is 364 g/mol. The van der Waals surface area contributed by atoms with Gasteiger partial charge in [-0.3, -0.25) is 4.79 Å². The molecule has 0 radical (unpaired) electrons. The molecule has 29 heavy (non-hydrogen) atoms. The van der Waals surface area contributed by atoms with Crippen LogP contribution in [-0.2, 0) is 16.8 Å². The molecule has 2 aromatic carbocycles. The summed E-state index contributed by atoms with van der Waals surface area (Å²) in [6, 6.07) is 16.1. The second kappa shape index (κ2) is 9.79. The highest BCUT2D eigenvalue weighted by Gasteiger charge is 2.21. The molecule has 1 heterocycles. The van der Waals surface area contributed by atoms with Gasteiger partial charge in [-0.1, -0.05) is 44.2 Å². The zero-order chi connectivity index (χ0) is 20.7. The molecule has 1 N–H and O–H groups in total. The van der Waals surface area contributed by atoms with E-state index in [1.807, 2.05) is 41.3 Å². The van der Waals surface area contributed by atoms with Crippen LogP contribution in [0.4, 0.5) is 0 Å². The fraction of sp³-hybridized carbons (Fsp3) is 0.458. The predicted octanol–water partition coefficient (Wildman–Crippen LogP) is 3.76. The molecule has 156 valence electrons. The van der Waals surface area contributed by atoms with E-state index in [0.717, 1.165) is 49.5 Å². The zero-order valence-electron chi connectivity index (χ0n) is 17.7. The van der Waals surface area contributed by atoms with Gasteiger partial charge in [0, 0.05) is 37.2 Å². The third-order valence-corrected chi connectivity index (χ3v) is 5.54. The van der Waals surface area contributed by atoms with Crippen LogP contribution in [0.15, 0.2) is 48.5 Å². The monoisotopic (exact) mass is 396 g/mol. The molecule has 1 aliphatic rings. The number of carbonyl (C=O) groups excluding carboxylic acids is 1. The Bertz CT molecular complexity index is 796. The van der Waals surface area contributed by atoms with E-state index in [1.54, 1.807) is 7.11 Å². The lowest BCUT2D eigenvalue weighted by atomic mass is 9.84. The fourth-order valence-corrected chi connectivity index (χ4v) is 3.64. The molecule has 1 aliphatic heterocycles. The number of nitrogens with one attached hydrogen (secondary N) is 1. The topological polar surface area (TPSA) is 50.8 Å². The molecule has 0 spiro atoms. The summed E-state index contributed by atoms with van der Waals surface area (Å²) >= 11 is 0. The van der Waals surface area contributed by atoms with E-state index < -0.39 is 0 Å². The van der Waals surface area contributed by atoms with Crippen molar-refractivity contribution < 1.29 is 14.3 Å². The van der Waals surface area contributed by atoms with Crippen molar-refractivity contribution in [3.8, 4) is 11.5 Å². The molecule has 0 bridgehead atoms. The van der Waals surface area contributed by atoms with Crippen molar-refractivity contribution in [1.82, 2.24) is 10.2 Å². The van der Waals surface area contributed by atoms with Crippen LogP contribution in [0.25, 0.3) is 0 Å². The van der Waals surface area contributed by atoms with E-state index >= 15 is 0 Å². The van der Waals surface area contributed by atoms with Gasteiger partial charge >= 0.3 is 0 Å². The number of carbonyl (C=O) groups is 1. The van der Waals surface area contributed by atoms with Crippen molar-refractivity contribution >= 4 is 5.91 Å². The molecule has 0 unspecified atom stereocenters. The number of hydrogen-bond acceptors (Lipinski definition) is 4. The van der Waals surface area contributed by atoms with Crippen molar-refractivity contribution in [2.24, 2.45) is 0 Å². The van der Waals surface area contributed by atoms with Gasteiger partial charge in [-0.15, -0.1) is 0 Å². The minimum Gasteiger partial charge on any atom is -0.497 e. The van der Waals surface area contributed by atoms with Gasteiger partial charge in [0.1, 0.15) is 11.5 Å². The van der Waals surface area contributed by atoms with E-state index in [9.17, 15) is 4.79 Å². The number of nitrogens with zero attached hydrogens (tertiary/aromatic N) is 1. The normalized spacial score (nSPS) is 14.1. The van der Waals surface area contributed by atoms with Crippen LogP contribution in [-0.4, -0.2) is 44.2 Å². The lowest BCUT2D eigenvalue weighted by Gasteiger charge is -2.26. The van der Waals surface area contributed by atoms with E-state index in [4.69, 9.17) is 9.47 Å². The summed E-state index contributed by atoms with van der Waals surface area (Å²) in [6.07, 6.45) is 2.19. The first-order valence-electron chi connectivity index (χ1n) is 10.3. The number of rotatable bonds is 9. The van der Waals surface area contributed by atoms with E-state index in [1.165, 1.54) is 5.56 Å². The molecule has 0 aromatic heterocycles. The van der Waals surface area contributed by atoms with Gasteiger partial charge in [0.25, 0.3) is 5.91 Å². The van der Waals surface area contributed by atoms with Crippen LogP contribution in [0.3, 0.4) is 0 Å². The molecule has 0 saturated carbocycles. The van der Waals surface area contributed by atoms with Crippen LogP contribution in [0.5, 0.6) is 11.5 Å². The molecule has 1 fully saturated rings. The maximum Gasteiger partial charge on any atom is 0.260 e. The van der Waals surface area contributed by atoms with Crippen LogP contribution in [0.1, 0.15) is 37.8 Å². The van der Waals surface area contributed by atoms with Crippen molar-refractivity contribution in [2.75, 3.05) is 33.4 Å². The van der Waals surface area contributed by atoms with Gasteiger partial charge in [-0.05, 0) is 36.6 Å². The van der Waals surface area contributed by atoms with Crippen LogP contribution in [0, 0.1) is 0 Å². The second-order valence-corrected chi connectivity index (χ2v) is 8.20. The van der Waals surface area contributed by atoms with Gasteiger partial charge in [-0.25, -0.2) is 0 Å². The Labute approximate surface area is 174 Å². The average Bonchev–Trinajstić information content (AvgIpc) is 3.28. The van der Waals surface area contributed by atoms with E-state index in [0.29, 0.717) is 6.54 Å². The largest absolute Gasteiger partial charge is 0.497 e. The second-order valence-electron chi connectivity index (χ2n) is 8.20. The van der Waals surface area contributed by atoms with Crippen LogP contribution < -0.4 is 14.8 Å². The lowest BCUT2D eigenvalue weighted by Crippen LogP contribution is -2.33. The fourth-order valence-electron chi connectivity index (χ4n) is 3.64. The molecule has 3 rings (SSSR count). The van der Waals surface area contributed by atoms with Gasteiger partial charge in [0.05, 0.1) is 7.11 Å². The summed E-state index contributed by atoms with van der Waals surface area (Å²) in [6.45, 7) is 7.76. The number of ether oxygens (including phenoxy) is 2. The smallest absolute Gasteiger partial charge is 0.260 e. The summed E-state index contributed by atoms with van der Waals surface area (Å²) in [5.74, 6) is 1.72. The van der Waals surface area contributed by atoms with E-state index in [-0.39, 0.29) is 17.9 Å². The highest BCUT2D eigenvalue weighted by Crippen LogP contribution is 2.25. The van der Waals surface area contributed by atoms with Crippen molar-refractivity contribution in [3.63, 3.8) is 0 Å². The molecule has 0 atom stereocenters. The summed E-state index contributed by atoms with van der Waals surface area (Å²) < 4.78 is 11.1. The van der Waals surface area contributed by atoms with Gasteiger partial charge in [-0.2, -0.15) is 0 Å². The minimum absolute atomic E-state index is 0.0200. The predicted molar refractivity (Wildman–Crippen MR) is 115 cm³/mol. The molecular formula is C24H32N2O3. The first kappa shape index (κ1) is 21.2. The minimum atomic E-state index is -0.0200. The highest BCUT2D eigenvalue weighted by atomic mass is 16.5. The third-order valence-electron chi connectivity index (χ3n) is 5.54. The van der Waals surface area contributed by atoms with Gasteiger partial charge < -0.3 is 19.7 Å². The number of para-hydroxylation sites is 1. The quantitative estimate of drug-likeness (QED) is 0.701. The molecule has 5 heteroatoms. The van der Waals surface area contributed by atoms with Gasteiger partial charge in [0.15, 0.2) is 6.61 Å². The number of amides is 1. The SMILES string of the molecule is COc1ccc(C(C)(C)CNCc2ccccc2OCC(=O)N2CCCC2)cc1. The Hall–Kier alpha value is -2.53. The van der Waals surface area contributed by atoms with Crippen molar-refractivity contribution in [1.29, 1.82) is 0 Å². The Morgan fingerprint density at radius 1 is 1.07 bits per heavy atom. The zero-order valence-corrected chi connectivity index (χ0v) is 17.7. The van der Waals surface area contributed by atoms with Gasteiger partial charge in [0.2, 0.25) is 0 Å². The number of likely N-dealkylation sites (tertiary alicyclic amines) is 1. The number of benzene rings is 2. The van der Waals surface area contributed by atoms with Crippen LogP contribution in [0.2, 0.25) is 0 Å². The molecule has 1 amide bonds. The molecule has 5 nitrogen and oxygen atoms in total. The summed E-state index contributed by atoms with van der Waals surface area (Å²) in [4.78, 5) is 14.1. The third kappa shape index (κ3) is 5.73. The van der Waals surface area contributed by atoms with E-state index in [2.05, 4.69) is 31.3 Å². The highest BCUT2D eigenvalue weighted by molar-refractivity contribution is 5.78. The number of methoxy groups -OCH3 is 1. The van der Waals surface area contributed by atoms with Crippen molar-refractivity contribution in [2.45, 2.75) is 38.6 Å². The molecule has 1 saturated heterocycles. The maximum atomic E-state index is 12.3. The first-order valence-corrected chi connectivity index (χ1v) is 10.3. The molecule has 2 aromatic rings. The Balaban J connectivity index is 1.54. The Morgan fingerprint density at radius 3 is 2.45 bits per heavy atom. The van der Waals surface area contributed by atoms with Crippen molar-refractivity contribution in [3.05, 3.63) is 59.7 Å². The average molecular weight is 397 g/mol. The standard InChI is InChI=1S/C24H32N2O3/c1-24(2,20-10-12-21(28-3)13-11-20)18-25-16-19-8-4-5-9-22(19)29-17-23(27)26-14-6-7-15-26/h4-5,8-13,25H,6-7,14-18H2,1-3H3. The molecule has 0 aliphatic carbocycles. The number of hydrogen-bond donors (Lipinski definition) is 1. The Morgan fingerprint density at radius 2 is 1.76 bits per heavy atom. The maximum absolute atomic E-state index is 12.3. The summed E-state index contributed by atoms with van der Waals surface area (Å²) in [7, 11) is 1.68. The summed E-state index contributed by atoms with van der Waals surface area (Å²) in [5, 5.41) is 3.55. The Kier molecular flexibility index (Phi) is 7.15. The summed E-state index contributed by atoms with van der Waals surface area (Å²) in [5.41, 5.74) is 2.30. The first-order chi connectivity index (χ1) is 14.0. The van der Waals surface area contributed by atoms with Crippen LogP contribution >= 0.6 is 0 Å². The lowest BCUT2D eigenvalue weighted by molar-refractivity contribution is -0.132.